The second-order valence-corrected chi connectivity index (χ2v) is 6.20. The molecular formula is C17H18N2OS. The van der Waals surface area contributed by atoms with Gasteiger partial charge in [0.15, 0.2) is 5.78 Å². The van der Waals surface area contributed by atoms with Crippen LogP contribution in [0.5, 0.6) is 0 Å². The monoisotopic (exact) mass is 298 g/mol. The third-order valence-corrected chi connectivity index (χ3v) is 4.79. The Bertz CT molecular complexity index is 772. The van der Waals surface area contributed by atoms with Crippen molar-refractivity contribution in [2.75, 3.05) is 0 Å². The molecule has 0 N–H and O–H groups in total. The maximum absolute atomic E-state index is 12.5. The minimum absolute atomic E-state index is 0.141. The zero-order chi connectivity index (χ0) is 14.8. The second kappa shape index (κ2) is 5.82. The number of rotatable bonds is 5. The van der Waals surface area contributed by atoms with E-state index in [2.05, 4.69) is 25.0 Å². The van der Waals surface area contributed by atoms with Crippen LogP contribution in [-0.4, -0.2) is 15.6 Å². The number of carbonyl (C=O) groups is 1. The number of Topliss-reactive ketones (excluding diaryl/α,β-unsaturated/α-hetero) is 1. The topological polar surface area (TPSA) is 34.9 Å². The van der Waals surface area contributed by atoms with Crippen LogP contribution in [0, 0.1) is 0 Å². The number of fused-ring (bicyclic) bond motifs is 1. The molecule has 3 rings (SSSR count). The highest BCUT2D eigenvalue weighted by atomic mass is 32.1. The number of hydrogen-bond acceptors (Lipinski definition) is 3. The lowest BCUT2D eigenvalue weighted by molar-refractivity contribution is 0.0993. The first kappa shape index (κ1) is 14.0. The van der Waals surface area contributed by atoms with E-state index in [9.17, 15) is 4.79 Å². The van der Waals surface area contributed by atoms with Crippen molar-refractivity contribution >= 4 is 27.2 Å². The molecule has 0 saturated carbocycles. The van der Waals surface area contributed by atoms with Gasteiger partial charge < -0.3 is 0 Å². The average Bonchev–Trinajstić information content (AvgIpc) is 3.12. The standard InChI is InChI=1S/C17H18N2OS/c1-3-12(2)19-9-8-13(18-19)10-16(20)15-11-21-17-7-5-4-6-14(15)17/h4-9,11-12H,3,10H2,1-2H3. The molecule has 0 spiro atoms. The van der Waals surface area contributed by atoms with Gasteiger partial charge in [0.05, 0.1) is 12.1 Å². The van der Waals surface area contributed by atoms with E-state index in [1.165, 1.54) is 0 Å². The van der Waals surface area contributed by atoms with Crippen LogP contribution in [0.3, 0.4) is 0 Å². The fourth-order valence-corrected chi connectivity index (χ4v) is 3.32. The first-order chi connectivity index (χ1) is 10.2. The van der Waals surface area contributed by atoms with Crippen LogP contribution in [0.1, 0.15) is 42.4 Å². The maximum atomic E-state index is 12.5. The largest absolute Gasteiger partial charge is 0.294 e. The molecule has 0 amide bonds. The highest BCUT2D eigenvalue weighted by molar-refractivity contribution is 7.17. The number of aromatic nitrogens is 2. The van der Waals surface area contributed by atoms with Crippen molar-refractivity contribution in [1.82, 2.24) is 9.78 Å². The van der Waals surface area contributed by atoms with Gasteiger partial charge in [-0.2, -0.15) is 5.10 Å². The van der Waals surface area contributed by atoms with Crippen LogP contribution < -0.4 is 0 Å². The third kappa shape index (κ3) is 2.76. The van der Waals surface area contributed by atoms with Gasteiger partial charge in [-0.1, -0.05) is 25.1 Å². The van der Waals surface area contributed by atoms with Crippen molar-refractivity contribution in [3.63, 3.8) is 0 Å². The summed E-state index contributed by atoms with van der Waals surface area (Å²) in [4.78, 5) is 12.5. The van der Waals surface area contributed by atoms with Gasteiger partial charge in [-0.3, -0.25) is 9.48 Å². The van der Waals surface area contributed by atoms with E-state index in [4.69, 9.17) is 0 Å². The van der Waals surface area contributed by atoms with Crippen LogP contribution in [0.4, 0.5) is 0 Å². The van der Waals surface area contributed by atoms with E-state index in [0.717, 1.165) is 27.8 Å². The zero-order valence-electron chi connectivity index (χ0n) is 12.2. The minimum Gasteiger partial charge on any atom is -0.294 e. The van der Waals surface area contributed by atoms with Crippen LogP contribution in [0.25, 0.3) is 10.1 Å². The number of carbonyl (C=O) groups excluding carboxylic acids is 1. The Morgan fingerprint density at radius 2 is 2.14 bits per heavy atom. The number of hydrogen-bond donors (Lipinski definition) is 0. The summed E-state index contributed by atoms with van der Waals surface area (Å²) in [7, 11) is 0. The lowest BCUT2D eigenvalue weighted by atomic mass is 10.1. The predicted octanol–water partition coefficient (Wildman–Crippen LogP) is 4.49. The van der Waals surface area contributed by atoms with E-state index in [1.807, 2.05) is 40.5 Å². The Morgan fingerprint density at radius 1 is 1.33 bits per heavy atom. The molecule has 1 unspecified atom stereocenters. The first-order valence-corrected chi connectivity index (χ1v) is 8.10. The van der Waals surface area contributed by atoms with E-state index in [-0.39, 0.29) is 5.78 Å². The molecule has 1 aromatic carbocycles. The molecule has 0 aliphatic rings. The van der Waals surface area contributed by atoms with Gasteiger partial charge in [-0.25, -0.2) is 0 Å². The summed E-state index contributed by atoms with van der Waals surface area (Å²) in [5, 5.41) is 7.52. The highest BCUT2D eigenvalue weighted by Gasteiger charge is 2.14. The predicted molar refractivity (Wildman–Crippen MR) is 87.1 cm³/mol. The number of benzene rings is 1. The van der Waals surface area contributed by atoms with Crippen molar-refractivity contribution < 1.29 is 4.79 Å². The second-order valence-electron chi connectivity index (χ2n) is 5.29. The molecule has 2 aromatic heterocycles. The molecule has 21 heavy (non-hydrogen) atoms. The molecule has 0 saturated heterocycles. The van der Waals surface area contributed by atoms with Gasteiger partial charge in [0.2, 0.25) is 0 Å². The Kier molecular flexibility index (Phi) is 3.88. The molecule has 0 aliphatic heterocycles. The SMILES string of the molecule is CCC(C)n1ccc(CC(=O)c2csc3ccccc23)n1. The lowest BCUT2D eigenvalue weighted by Crippen LogP contribution is -2.07. The van der Waals surface area contributed by atoms with E-state index in [0.29, 0.717) is 12.5 Å². The van der Waals surface area contributed by atoms with E-state index in [1.54, 1.807) is 11.3 Å². The van der Waals surface area contributed by atoms with Crippen molar-refractivity contribution in [3.8, 4) is 0 Å². The smallest absolute Gasteiger partial charge is 0.170 e. The molecule has 3 aromatic rings. The number of nitrogens with zero attached hydrogens (tertiary/aromatic N) is 2. The first-order valence-electron chi connectivity index (χ1n) is 7.22. The van der Waals surface area contributed by atoms with Crippen molar-refractivity contribution in [2.45, 2.75) is 32.7 Å². The van der Waals surface area contributed by atoms with Crippen LogP contribution in [-0.2, 0) is 6.42 Å². The summed E-state index contributed by atoms with van der Waals surface area (Å²) in [5.41, 5.74) is 1.66. The Morgan fingerprint density at radius 3 is 2.95 bits per heavy atom. The molecule has 0 radical (unpaired) electrons. The average molecular weight is 298 g/mol. The Hall–Kier alpha value is -1.94. The normalized spacial score (nSPS) is 12.7. The quantitative estimate of drug-likeness (QED) is 0.650. The van der Waals surface area contributed by atoms with Crippen molar-refractivity contribution in [3.05, 3.63) is 53.2 Å². The number of thiophene rings is 1. The van der Waals surface area contributed by atoms with Crippen LogP contribution in [0.2, 0.25) is 0 Å². The molecule has 108 valence electrons. The molecule has 1 atom stereocenters. The van der Waals surface area contributed by atoms with Gasteiger partial charge in [0.25, 0.3) is 0 Å². The molecule has 3 nitrogen and oxygen atoms in total. The van der Waals surface area contributed by atoms with Crippen molar-refractivity contribution in [2.24, 2.45) is 0 Å². The molecule has 0 aliphatic carbocycles. The van der Waals surface area contributed by atoms with Crippen LogP contribution in [0.15, 0.2) is 41.9 Å². The van der Waals surface area contributed by atoms with Gasteiger partial charge in [0, 0.05) is 33.3 Å². The summed E-state index contributed by atoms with van der Waals surface area (Å²) in [6.45, 7) is 4.26. The Labute approximate surface area is 128 Å². The van der Waals surface area contributed by atoms with Gasteiger partial charge in [-0.15, -0.1) is 11.3 Å². The fraction of sp³-hybridized carbons (Fsp3) is 0.294. The van der Waals surface area contributed by atoms with Gasteiger partial charge >= 0.3 is 0 Å². The Balaban J connectivity index is 1.81. The molecule has 0 fully saturated rings. The minimum atomic E-state index is 0.141. The molecule has 2 heterocycles. The van der Waals surface area contributed by atoms with Crippen LogP contribution >= 0.6 is 11.3 Å². The third-order valence-electron chi connectivity index (χ3n) is 3.83. The molecule has 0 bridgehead atoms. The maximum Gasteiger partial charge on any atom is 0.170 e. The zero-order valence-corrected chi connectivity index (χ0v) is 13.1. The molecule has 4 heteroatoms. The van der Waals surface area contributed by atoms with Crippen molar-refractivity contribution in [1.29, 1.82) is 0 Å². The van der Waals surface area contributed by atoms with E-state index >= 15 is 0 Å². The summed E-state index contributed by atoms with van der Waals surface area (Å²) < 4.78 is 3.10. The van der Waals surface area contributed by atoms with E-state index < -0.39 is 0 Å². The highest BCUT2D eigenvalue weighted by Crippen LogP contribution is 2.26. The summed E-state index contributed by atoms with van der Waals surface area (Å²) in [6.07, 6.45) is 3.36. The van der Waals surface area contributed by atoms with Gasteiger partial charge in [0.1, 0.15) is 0 Å². The summed E-state index contributed by atoms with van der Waals surface area (Å²) >= 11 is 1.62. The molecular weight excluding hydrogens is 280 g/mol. The van der Waals surface area contributed by atoms with Gasteiger partial charge in [-0.05, 0) is 25.5 Å². The fourth-order valence-electron chi connectivity index (χ4n) is 2.36. The lowest BCUT2D eigenvalue weighted by Gasteiger charge is -2.07. The summed E-state index contributed by atoms with van der Waals surface area (Å²) in [5.74, 6) is 0.141. The number of ketones is 1. The summed E-state index contributed by atoms with van der Waals surface area (Å²) in [6, 6.07) is 10.4.